The number of carbonyl (C=O) groups is 1. The van der Waals surface area contributed by atoms with Crippen molar-refractivity contribution in [3.8, 4) is 5.75 Å². The van der Waals surface area contributed by atoms with Crippen molar-refractivity contribution in [2.75, 3.05) is 22.6 Å². The van der Waals surface area contributed by atoms with Crippen molar-refractivity contribution >= 4 is 46.1 Å². The Kier molecular flexibility index (Phi) is 7.20. The van der Waals surface area contributed by atoms with Crippen LogP contribution in [0.4, 0.5) is 28.6 Å². The van der Waals surface area contributed by atoms with Gasteiger partial charge < -0.3 is 25.8 Å². The lowest BCUT2D eigenvalue weighted by atomic mass is 10.1. The minimum atomic E-state index is -0.624. The molecule has 0 radical (unpaired) electrons. The molecular formula is C28H26ClN5O3. The summed E-state index contributed by atoms with van der Waals surface area (Å²) < 4.78 is 5.79. The summed E-state index contributed by atoms with van der Waals surface area (Å²) in [7, 11) is 0. The number of halogens is 1. The second-order valence-corrected chi connectivity index (χ2v) is 9.32. The van der Waals surface area contributed by atoms with E-state index in [2.05, 4.69) is 25.9 Å². The number of hydrogen-bond donors (Lipinski definition) is 4. The fourth-order valence-electron chi connectivity index (χ4n) is 3.77. The van der Waals surface area contributed by atoms with E-state index in [1.165, 1.54) is 0 Å². The van der Waals surface area contributed by atoms with Crippen molar-refractivity contribution in [3.63, 3.8) is 0 Å². The van der Waals surface area contributed by atoms with E-state index in [9.17, 15) is 9.90 Å². The van der Waals surface area contributed by atoms with Crippen molar-refractivity contribution in [2.24, 2.45) is 5.41 Å². The zero-order chi connectivity index (χ0) is 25.7. The van der Waals surface area contributed by atoms with Crippen LogP contribution in [0.15, 0.2) is 85.2 Å². The molecule has 188 valence electrons. The predicted molar refractivity (Wildman–Crippen MR) is 145 cm³/mol. The maximum Gasteiger partial charge on any atom is 0.232 e. The molecule has 1 aliphatic rings. The number of nitrogens with one attached hydrogen (secondary N) is 3. The zero-order valence-electron chi connectivity index (χ0n) is 19.9. The van der Waals surface area contributed by atoms with Crippen molar-refractivity contribution in [1.29, 1.82) is 0 Å². The van der Waals surface area contributed by atoms with E-state index in [-0.39, 0.29) is 12.5 Å². The highest BCUT2D eigenvalue weighted by Crippen LogP contribution is 2.46. The van der Waals surface area contributed by atoms with Crippen molar-refractivity contribution in [1.82, 2.24) is 9.97 Å². The Labute approximate surface area is 219 Å². The molecule has 1 aliphatic carbocycles. The third-order valence-corrected chi connectivity index (χ3v) is 6.41. The second-order valence-electron chi connectivity index (χ2n) is 8.91. The number of nitrogens with zero attached hydrogens (tertiary/aromatic N) is 2. The van der Waals surface area contributed by atoms with Crippen molar-refractivity contribution in [3.05, 3.63) is 95.9 Å². The Hall–Kier alpha value is -4.14. The first kappa shape index (κ1) is 24.5. The molecule has 4 aromatic rings. The molecule has 0 unspecified atom stereocenters. The third kappa shape index (κ3) is 6.17. The summed E-state index contributed by atoms with van der Waals surface area (Å²) in [5.41, 5.74) is 3.25. The summed E-state index contributed by atoms with van der Waals surface area (Å²) in [6.07, 6.45) is 4.85. The lowest BCUT2D eigenvalue weighted by Crippen LogP contribution is -2.27. The van der Waals surface area contributed by atoms with Crippen molar-refractivity contribution < 1.29 is 14.6 Å². The number of aliphatic hydroxyl groups excluding tert-OH is 1. The van der Waals surface area contributed by atoms with Crippen LogP contribution < -0.4 is 20.7 Å². The Morgan fingerprint density at radius 2 is 1.70 bits per heavy atom. The van der Waals surface area contributed by atoms with Crippen LogP contribution in [0, 0.1) is 5.41 Å². The zero-order valence-corrected chi connectivity index (χ0v) is 20.7. The second kappa shape index (κ2) is 10.9. The maximum absolute atomic E-state index is 12.4. The fourth-order valence-corrected chi connectivity index (χ4v) is 4.00. The van der Waals surface area contributed by atoms with E-state index in [1.54, 1.807) is 24.5 Å². The highest BCUT2D eigenvalue weighted by molar-refractivity contribution is 6.32. The van der Waals surface area contributed by atoms with Gasteiger partial charge in [0.15, 0.2) is 0 Å². The van der Waals surface area contributed by atoms with Gasteiger partial charge in [-0.2, -0.15) is 0 Å². The van der Waals surface area contributed by atoms with Crippen LogP contribution in [0.3, 0.4) is 0 Å². The maximum atomic E-state index is 12.4. The van der Waals surface area contributed by atoms with Gasteiger partial charge in [0.05, 0.1) is 22.7 Å². The number of pyridine rings is 2. The van der Waals surface area contributed by atoms with Crippen LogP contribution in [-0.4, -0.2) is 27.6 Å². The van der Waals surface area contributed by atoms with Gasteiger partial charge in [-0.25, -0.2) is 4.98 Å². The fraction of sp³-hybridized carbons (Fsp3) is 0.179. The summed E-state index contributed by atoms with van der Waals surface area (Å²) in [6.45, 7) is 0.200. The van der Waals surface area contributed by atoms with Crippen LogP contribution in [0.2, 0.25) is 5.02 Å². The number of anilines is 5. The number of amides is 1. The Morgan fingerprint density at radius 3 is 2.46 bits per heavy atom. The molecule has 0 bridgehead atoms. The molecule has 1 fully saturated rings. The number of aromatic nitrogens is 2. The van der Waals surface area contributed by atoms with Gasteiger partial charge in [-0.05, 0) is 67.4 Å². The van der Waals surface area contributed by atoms with Crippen LogP contribution in [0.25, 0.3) is 0 Å². The van der Waals surface area contributed by atoms with Gasteiger partial charge in [0.1, 0.15) is 18.2 Å². The quantitative estimate of drug-likeness (QED) is 0.208. The van der Waals surface area contributed by atoms with E-state index in [1.807, 2.05) is 60.7 Å². The molecular weight excluding hydrogens is 490 g/mol. The summed E-state index contributed by atoms with van der Waals surface area (Å²) in [5, 5.41) is 19.4. The number of hydrogen-bond acceptors (Lipinski definition) is 7. The van der Waals surface area contributed by atoms with Gasteiger partial charge >= 0.3 is 0 Å². The molecule has 2 aromatic heterocycles. The molecule has 2 aromatic carbocycles. The Morgan fingerprint density at radius 1 is 0.892 bits per heavy atom. The normalized spacial score (nSPS) is 13.5. The van der Waals surface area contributed by atoms with Gasteiger partial charge in [-0.15, -0.1) is 0 Å². The van der Waals surface area contributed by atoms with E-state index >= 15 is 0 Å². The van der Waals surface area contributed by atoms with Gasteiger partial charge in [-0.1, -0.05) is 23.7 Å². The average Bonchev–Trinajstić information content (AvgIpc) is 3.71. The van der Waals surface area contributed by atoms with Gasteiger partial charge in [0.2, 0.25) is 5.91 Å². The Bertz CT molecular complexity index is 1400. The number of aliphatic hydroxyl groups is 1. The van der Waals surface area contributed by atoms with Crippen LogP contribution in [0.5, 0.6) is 5.75 Å². The third-order valence-electron chi connectivity index (χ3n) is 6.11. The number of ether oxygens (including phenoxy) is 1. The lowest BCUT2D eigenvalue weighted by Gasteiger charge is -2.14. The minimum absolute atomic E-state index is 0.129. The molecule has 2 heterocycles. The monoisotopic (exact) mass is 515 g/mol. The first-order valence-corrected chi connectivity index (χ1v) is 12.3. The van der Waals surface area contributed by atoms with Gasteiger partial charge in [0.25, 0.3) is 0 Å². The smallest absolute Gasteiger partial charge is 0.232 e. The minimum Gasteiger partial charge on any atom is -0.486 e. The van der Waals surface area contributed by atoms with Gasteiger partial charge in [-0.3, -0.25) is 9.78 Å². The van der Waals surface area contributed by atoms with Crippen LogP contribution in [0.1, 0.15) is 18.5 Å². The summed E-state index contributed by atoms with van der Waals surface area (Å²) >= 11 is 6.43. The molecule has 8 nitrogen and oxygen atoms in total. The summed E-state index contributed by atoms with van der Waals surface area (Å²) in [4.78, 5) is 21.1. The molecule has 0 atom stereocenters. The lowest BCUT2D eigenvalue weighted by molar-refractivity contribution is -0.122. The van der Waals surface area contributed by atoms with E-state index in [0.29, 0.717) is 41.7 Å². The van der Waals surface area contributed by atoms with E-state index < -0.39 is 5.41 Å². The topological polar surface area (TPSA) is 108 Å². The molecule has 9 heteroatoms. The van der Waals surface area contributed by atoms with E-state index in [0.717, 1.165) is 22.8 Å². The number of benzene rings is 2. The SMILES string of the molecule is O=C(Nc1cccc(Nc2ccnc(Nc3ccc(OCc4ccccn4)c(Cl)c3)c2)c1)C1(CO)CC1. The van der Waals surface area contributed by atoms with E-state index in [4.69, 9.17) is 16.3 Å². The highest BCUT2D eigenvalue weighted by Gasteiger charge is 2.49. The molecule has 5 rings (SSSR count). The van der Waals surface area contributed by atoms with Crippen LogP contribution >= 0.6 is 11.6 Å². The molecule has 1 amide bonds. The molecule has 0 aliphatic heterocycles. The first-order chi connectivity index (χ1) is 18.0. The van der Waals surface area contributed by atoms with Crippen LogP contribution in [-0.2, 0) is 11.4 Å². The molecule has 4 N–H and O–H groups in total. The first-order valence-electron chi connectivity index (χ1n) is 11.9. The number of carbonyl (C=O) groups excluding carboxylic acids is 1. The summed E-state index contributed by atoms with van der Waals surface area (Å²) in [5.74, 6) is 1.06. The highest BCUT2D eigenvalue weighted by atomic mass is 35.5. The standard InChI is InChI=1S/C28H26ClN5O3/c29-24-15-21(7-8-25(24)37-17-23-4-1-2-12-30-23)33-26-16-22(9-13-31-26)32-19-5-3-6-20(14-19)34-27(36)28(18-35)10-11-28/h1-9,12-16,35H,10-11,17-18H2,(H,34,36)(H2,31,32,33). The molecule has 1 saturated carbocycles. The van der Waals surface area contributed by atoms with Gasteiger partial charge in [0, 0.05) is 41.2 Å². The van der Waals surface area contributed by atoms with Crippen molar-refractivity contribution in [2.45, 2.75) is 19.4 Å². The summed E-state index contributed by atoms with van der Waals surface area (Å²) in [6, 6.07) is 22.3. The predicted octanol–water partition coefficient (Wildman–Crippen LogP) is 5.91. The largest absolute Gasteiger partial charge is 0.486 e. The Balaban J connectivity index is 1.21. The number of rotatable bonds is 10. The molecule has 0 spiro atoms. The average molecular weight is 516 g/mol. The molecule has 0 saturated heterocycles. The molecule has 37 heavy (non-hydrogen) atoms.